The number of hydrogen-bond donors (Lipinski definition) is 1. The third-order valence-electron chi connectivity index (χ3n) is 3.18. The van der Waals surface area contributed by atoms with Gasteiger partial charge in [0.05, 0.1) is 4.90 Å². The fourth-order valence-electron chi connectivity index (χ4n) is 1.86. The van der Waals surface area contributed by atoms with E-state index >= 15 is 0 Å². The van der Waals surface area contributed by atoms with E-state index in [0.717, 1.165) is 11.1 Å². The zero-order chi connectivity index (χ0) is 15.7. The predicted octanol–water partition coefficient (Wildman–Crippen LogP) is 3.49. The average molecular weight is 304 g/mol. The molecule has 4 nitrogen and oxygen atoms in total. The predicted molar refractivity (Wildman–Crippen MR) is 84.9 cm³/mol. The van der Waals surface area contributed by atoms with Gasteiger partial charge in [-0.15, -0.1) is 0 Å². The van der Waals surface area contributed by atoms with E-state index in [1.54, 1.807) is 24.4 Å². The van der Waals surface area contributed by atoms with Gasteiger partial charge in [-0.1, -0.05) is 39.0 Å². The third-order valence-corrected chi connectivity index (χ3v) is 4.55. The lowest BCUT2D eigenvalue weighted by Gasteiger charge is -2.19. The molecule has 1 aromatic carbocycles. The first-order valence-electron chi connectivity index (χ1n) is 6.74. The molecule has 0 spiro atoms. The van der Waals surface area contributed by atoms with Crippen LogP contribution in [-0.4, -0.2) is 13.4 Å². The summed E-state index contributed by atoms with van der Waals surface area (Å²) >= 11 is 0. The topological polar surface area (TPSA) is 59.1 Å². The van der Waals surface area contributed by atoms with Crippen molar-refractivity contribution in [3.63, 3.8) is 0 Å². The number of aromatic nitrogens is 1. The molecule has 0 bridgehead atoms. The summed E-state index contributed by atoms with van der Waals surface area (Å²) in [4.78, 5) is 4.29. The molecule has 0 unspecified atom stereocenters. The summed E-state index contributed by atoms with van der Waals surface area (Å²) in [5, 5.41) is 0. The Bertz CT molecular complexity index is 712. The van der Waals surface area contributed by atoms with Crippen LogP contribution in [0.5, 0.6) is 0 Å². The van der Waals surface area contributed by atoms with Gasteiger partial charge in [0.2, 0.25) is 0 Å². The van der Waals surface area contributed by atoms with Gasteiger partial charge in [0.15, 0.2) is 0 Å². The number of sulfonamides is 1. The first-order chi connectivity index (χ1) is 9.68. The first kappa shape index (κ1) is 15.5. The number of aryl methyl sites for hydroxylation is 1. The van der Waals surface area contributed by atoms with E-state index in [0.29, 0.717) is 5.82 Å². The molecule has 0 aliphatic rings. The minimum atomic E-state index is -3.60. The van der Waals surface area contributed by atoms with E-state index in [4.69, 9.17) is 0 Å². The monoisotopic (exact) mass is 304 g/mol. The zero-order valence-corrected chi connectivity index (χ0v) is 13.5. The second-order valence-electron chi connectivity index (χ2n) is 6.10. The molecule has 5 heteroatoms. The molecule has 0 aliphatic carbocycles. The van der Waals surface area contributed by atoms with Crippen LogP contribution in [0.3, 0.4) is 0 Å². The molecule has 0 radical (unpaired) electrons. The van der Waals surface area contributed by atoms with Gasteiger partial charge >= 0.3 is 0 Å². The molecular formula is C16H20N2O2S. The van der Waals surface area contributed by atoms with Gasteiger partial charge in [0.25, 0.3) is 10.0 Å². The van der Waals surface area contributed by atoms with E-state index in [1.807, 2.05) is 25.1 Å². The van der Waals surface area contributed by atoms with Crippen molar-refractivity contribution in [2.45, 2.75) is 38.0 Å². The Hall–Kier alpha value is -1.88. The van der Waals surface area contributed by atoms with Crippen LogP contribution >= 0.6 is 0 Å². The Morgan fingerprint density at radius 1 is 1.00 bits per heavy atom. The fraction of sp³-hybridized carbons (Fsp3) is 0.312. The summed E-state index contributed by atoms with van der Waals surface area (Å²) in [5.74, 6) is 0.320. The number of hydrogen-bond acceptors (Lipinski definition) is 3. The lowest BCUT2D eigenvalue weighted by Crippen LogP contribution is -2.15. The van der Waals surface area contributed by atoms with E-state index in [9.17, 15) is 8.42 Å². The van der Waals surface area contributed by atoms with Crippen molar-refractivity contribution in [1.82, 2.24) is 4.98 Å². The normalized spacial score (nSPS) is 12.2. The van der Waals surface area contributed by atoms with Crippen molar-refractivity contribution in [3.8, 4) is 0 Å². The molecule has 0 fully saturated rings. The molecule has 1 heterocycles. The van der Waals surface area contributed by atoms with Crippen molar-refractivity contribution in [1.29, 1.82) is 0 Å². The van der Waals surface area contributed by atoms with Gasteiger partial charge < -0.3 is 0 Å². The number of nitrogens with one attached hydrogen (secondary N) is 1. The van der Waals surface area contributed by atoms with Crippen molar-refractivity contribution >= 4 is 15.8 Å². The number of nitrogens with zero attached hydrogens (tertiary/aromatic N) is 1. The van der Waals surface area contributed by atoms with Crippen molar-refractivity contribution < 1.29 is 8.42 Å². The zero-order valence-electron chi connectivity index (χ0n) is 12.7. The minimum absolute atomic E-state index is 0.00572. The molecule has 0 amide bonds. The Labute approximate surface area is 126 Å². The molecule has 0 saturated heterocycles. The van der Waals surface area contributed by atoms with E-state index in [-0.39, 0.29) is 10.3 Å². The fourth-order valence-corrected chi connectivity index (χ4v) is 2.87. The summed E-state index contributed by atoms with van der Waals surface area (Å²) < 4.78 is 27.1. The second-order valence-corrected chi connectivity index (χ2v) is 7.78. The lowest BCUT2D eigenvalue weighted by molar-refractivity contribution is 0.587. The molecule has 21 heavy (non-hydrogen) atoms. The maximum atomic E-state index is 12.3. The van der Waals surface area contributed by atoms with E-state index < -0.39 is 10.0 Å². The summed E-state index contributed by atoms with van der Waals surface area (Å²) in [6.45, 7) is 8.16. The van der Waals surface area contributed by atoms with Gasteiger partial charge in [-0.25, -0.2) is 13.4 Å². The van der Waals surface area contributed by atoms with Crippen LogP contribution in [-0.2, 0) is 15.4 Å². The van der Waals surface area contributed by atoms with Gasteiger partial charge in [0.1, 0.15) is 5.82 Å². The summed E-state index contributed by atoms with van der Waals surface area (Å²) in [6, 6.07) is 10.4. The van der Waals surface area contributed by atoms with Crippen LogP contribution in [0, 0.1) is 6.92 Å². The van der Waals surface area contributed by atoms with Gasteiger partial charge in [0, 0.05) is 6.20 Å². The van der Waals surface area contributed by atoms with E-state index in [2.05, 4.69) is 30.5 Å². The van der Waals surface area contributed by atoms with Gasteiger partial charge in [-0.05, 0) is 41.7 Å². The first-order valence-corrected chi connectivity index (χ1v) is 8.23. The highest BCUT2D eigenvalue weighted by Crippen LogP contribution is 2.24. The molecule has 0 saturated carbocycles. The van der Waals surface area contributed by atoms with Crippen LogP contribution < -0.4 is 4.72 Å². The highest BCUT2D eigenvalue weighted by molar-refractivity contribution is 7.92. The Morgan fingerprint density at radius 2 is 1.62 bits per heavy atom. The largest absolute Gasteiger partial charge is 0.263 e. The Balaban J connectivity index is 2.25. The smallest absolute Gasteiger partial charge is 0.263 e. The second kappa shape index (κ2) is 5.48. The van der Waals surface area contributed by atoms with Crippen LogP contribution in [0.1, 0.15) is 31.9 Å². The molecular weight excluding hydrogens is 284 g/mol. The van der Waals surface area contributed by atoms with Crippen LogP contribution in [0.2, 0.25) is 0 Å². The highest BCUT2D eigenvalue weighted by atomic mass is 32.2. The molecule has 1 aromatic heterocycles. The molecule has 1 N–H and O–H groups in total. The van der Waals surface area contributed by atoms with E-state index in [1.165, 1.54) is 0 Å². The average Bonchev–Trinajstić information content (AvgIpc) is 2.40. The standard InChI is InChI=1S/C16H20N2O2S/c1-12-5-10-15(17-11-12)18-21(19,20)14-8-6-13(7-9-14)16(2,3)4/h5-11H,1-4H3,(H,17,18). The summed E-state index contributed by atoms with van der Waals surface area (Å²) in [7, 11) is -3.60. The molecule has 0 atom stereocenters. The number of rotatable bonds is 3. The SMILES string of the molecule is Cc1ccc(NS(=O)(=O)c2ccc(C(C)(C)C)cc2)nc1. The van der Waals surface area contributed by atoms with Crippen LogP contribution in [0.25, 0.3) is 0 Å². The number of pyridine rings is 1. The number of anilines is 1. The minimum Gasteiger partial charge on any atom is -0.263 e. The quantitative estimate of drug-likeness (QED) is 0.944. The lowest BCUT2D eigenvalue weighted by atomic mass is 9.87. The van der Waals surface area contributed by atoms with Crippen LogP contribution in [0.15, 0.2) is 47.5 Å². The van der Waals surface area contributed by atoms with Crippen molar-refractivity contribution in [2.75, 3.05) is 4.72 Å². The highest BCUT2D eigenvalue weighted by Gasteiger charge is 2.17. The Kier molecular flexibility index (Phi) is 4.05. The summed E-state index contributed by atoms with van der Waals surface area (Å²) in [6.07, 6.45) is 1.63. The molecule has 112 valence electrons. The van der Waals surface area contributed by atoms with Gasteiger partial charge in [-0.2, -0.15) is 0 Å². The maximum absolute atomic E-state index is 12.3. The van der Waals surface area contributed by atoms with Gasteiger partial charge in [-0.3, -0.25) is 4.72 Å². The van der Waals surface area contributed by atoms with Crippen LogP contribution in [0.4, 0.5) is 5.82 Å². The third kappa shape index (κ3) is 3.82. The molecule has 0 aliphatic heterocycles. The molecule has 2 rings (SSSR count). The van der Waals surface area contributed by atoms with Crippen molar-refractivity contribution in [3.05, 3.63) is 53.7 Å². The van der Waals surface area contributed by atoms with Crippen molar-refractivity contribution in [2.24, 2.45) is 0 Å². The molecule has 2 aromatic rings. The maximum Gasteiger partial charge on any atom is 0.263 e. The number of benzene rings is 1. The summed E-state index contributed by atoms with van der Waals surface area (Å²) in [5.41, 5.74) is 2.07. The Morgan fingerprint density at radius 3 is 2.10 bits per heavy atom.